The second kappa shape index (κ2) is 6.65. The maximum atomic E-state index is 11.3. The summed E-state index contributed by atoms with van der Waals surface area (Å²) in [5.74, 6) is 0.733. The second-order valence-corrected chi connectivity index (χ2v) is 4.22. The second-order valence-electron chi connectivity index (χ2n) is 4.22. The van der Waals surface area contributed by atoms with Crippen molar-refractivity contribution >= 4 is 5.97 Å². The minimum absolute atomic E-state index is 0.371. The number of methoxy groups -OCH3 is 1. The molecule has 2 rings (SSSR count). The lowest BCUT2D eigenvalue weighted by Crippen LogP contribution is -2.00. The molecule has 0 fully saturated rings. The van der Waals surface area contributed by atoms with Crippen molar-refractivity contribution in [2.24, 2.45) is 0 Å². The summed E-state index contributed by atoms with van der Waals surface area (Å²) in [6, 6.07) is 8.52. The van der Waals surface area contributed by atoms with Crippen LogP contribution in [-0.4, -0.2) is 23.0 Å². The molecule has 0 aliphatic rings. The number of hydrogen-bond donors (Lipinski definition) is 0. The van der Waals surface area contributed by atoms with E-state index in [-0.39, 0.29) is 5.97 Å². The maximum absolute atomic E-state index is 11.3. The largest absolute Gasteiger partial charge is 0.465 e. The third kappa shape index (κ3) is 3.54. The monoisotopic (exact) mass is 272 g/mol. The molecule has 0 amide bonds. The lowest BCUT2D eigenvalue weighted by Gasteiger charge is -2.06. The van der Waals surface area contributed by atoms with Crippen LogP contribution in [0.5, 0.6) is 11.6 Å². The molecule has 2 aromatic rings. The number of esters is 1. The summed E-state index contributed by atoms with van der Waals surface area (Å²) in [7, 11) is 1.35. The first kappa shape index (κ1) is 14.0. The van der Waals surface area contributed by atoms with Crippen LogP contribution in [0.15, 0.2) is 36.7 Å². The summed E-state index contributed by atoms with van der Waals surface area (Å²) < 4.78 is 10.3. The van der Waals surface area contributed by atoms with Crippen molar-refractivity contribution in [2.75, 3.05) is 7.11 Å². The number of rotatable bonds is 5. The molecular formula is C15H16N2O3. The van der Waals surface area contributed by atoms with Gasteiger partial charge in [-0.15, -0.1) is 0 Å². The zero-order valence-corrected chi connectivity index (χ0v) is 11.5. The van der Waals surface area contributed by atoms with Gasteiger partial charge in [-0.25, -0.2) is 14.8 Å². The zero-order valence-electron chi connectivity index (χ0n) is 11.5. The fraction of sp³-hybridized carbons (Fsp3) is 0.267. The Morgan fingerprint density at radius 1 is 1.20 bits per heavy atom. The Labute approximate surface area is 117 Å². The topological polar surface area (TPSA) is 61.3 Å². The Morgan fingerprint density at radius 2 is 1.95 bits per heavy atom. The number of nitrogens with zero attached hydrogens (tertiary/aromatic N) is 2. The van der Waals surface area contributed by atoms with E-state index in [2.05, 4.69) is 21.6 Å². The smallest absolute Gasteiger partial charge is 0.337 e. The van der Waals surface area contributed by atoms with Gasteiger partial charge < -0.3 is 9.47 Å². The highest BCUT2D eigenvalue weighted by molar-refractivity contribution is 5.89. The van der Waals surface area contributed by atoms with Gasteiger partial charge in [0.05, 0.1) is 12.7 Å². The van der Waals surface area contributed by atoms with Crippen LogP contribution in [0, 0.1) is 0 Å². The molecule has 0 radical (unpaired) electrons. The summed E-state index contributed by atoms with van der Waals surface area (Å²) in [4.78, 5) is 19.5. The summed E-state index contributed by atoms with van der Waals surface area (Å²) in [6.45, 7) is 2.09. The summed E-state index contributed by atoms with van der Waals surface area (Å²) >= 11 is 0. The average Bonchev–Trinajstić information content (AvgIpc) is 2.48. The van der Waals surface area contributed by atoms with E-state index >= 15 is 0 Å². The fourth-order valence-corrected chi connectivity index (χ4v) is 1.72. The number of carbonyl (C=O) groups excluding carboxylic acids is 1. The highest BCUT2D eigenvalue weighted by Crippen LogP contribution is 2.20. The molecule has 1 aromatic heterocycles. The third-order valence-corrected chi connectivity index (χ3v) is 2.70. The van der Waals surface area contributed by atoms with Crippen molar-refractivity contribution in [3.8, 4) is 11.6 Å². The standard InChI is InChI=1S/C15H16N2O3/c1-3-4-12-9-14(17-10-16-12)20-13-7-5-11(6-8-13)15(18)19-2/h5-10H,3-4H2,1-2H3. The molecule has 0 spiro atoms. The molecule has 20 heavy (non-hydrogen) atoms. The number of hydrogen-bond acceptors (Lipinski definition) is 5. The molecular weight excluding hydrogens is 256 g/mol. The molecule has 0 N–H and O–H groups in total. The van der Waals surface area contributed by atoms with Crippen molar-refractivity contribution < 1.29 is 14.3 Å². The Balaban J connectivity index is 2.09. The van der Waals surface area contributed by atoms with Gasteiger partial charge in [-0.2, -0.15) is 0 Å². The molecule has 5 heteroatoms. The molecule has 0 bridgehead atoms. The van der Waals surface area contributed by atoms with Crippen LogP contribution in [0.3, 0.4) is 0 Å². The van der Waals surface area contributed by atoms with Crippen molar-refractivity contribution in [3.63, 3.8) is 0 Å². The minimum Gasteiger partial charge on any atom is -0.465 e. The molecule has 0 atom stereocenters. The van der Waals surface area contributed by atoms with Crippen molar-refractivity contribution in [2.45, 2.75) is 19.8 Å². The quantitative estimate of drug-likeness (QED) is 0.783. The van der Waals surface area contributed by atoms with E-state index in [4.69, 9.17) is 4.74 Å². The van der Waals surface area contributed by atoms with E-state index in [1.54, 1.807) is 24.3 Å². The van der Waals surface area contributed by atoms with Gasteiger partial charge in [0.2, 0.25) is 5.88 Å². The van der Waals surface area contributed by atoms with Crippen molar-refractivity contribution in [1.82, 2.24) is 9.97 Å². The molecule has 5 nitrogen and oxygen atoms in total. The Morgan fingerprint density at radius 3 is 2.60 bits per heavy atom. The molecule has 0 unspecified atom stereocenters. The van der Waals surface area contributed by atoms with Gasteiger partial charge in [0.1, 0.15) is 12.1 Å². The molecule has 0 aliphatic carbocycles. The Hall–Kier alpha value is -2.43. The van der Waals surface area contributed by atoms with Crippen LogP contribution in [0.4, 0.5) is 0 Å². The van der Waals surface area contributed by atoms with E-state index in [1.807, 2.05) is 6.07 Å². The normalized spacial score (nSPS) is 10.1. The molecule has 0 saturated heterocycles. The predicted molar refractivity (Wildman–Crippen MR) is 73.9 cm³/mol. The van der Waals surface area contributed by atoms with Crippen molar-refractivity contribution in [1.29, 1.82) is 0 Å². The number of aryl methyl sites for hydroxylation is 1. The third-order valence-electron chi connectivity index (χ3n) is 2.70. The van der Waals surface area contributed by atoms with Crippen LogP contribution in [-0.2, 0) is 11.2 Å². The first-order valence-electron chi connectivity index (χ1n) is 6.40. The maximum Gasteiger partial charge on any atom is 0.337 e. The zero-order chi connectivity index (χ0) is 14.4. The van der Waals surface area contributed by atoms with Gasteiger partial charge in [0.25, 0.3) is 0 Å². The van der Waals surface area contributed by atoms with E-state index < -0.39 is 0 Å². The van der Waals surface area contributed by atoms with Gasteiger partial charge in [-0.05, 0) is 30.7 Å². The molecule has 0 saturated carbocycles. The highest BCUT2D eigenvalue weighted by Gasteiger charge is 2.06. The van der Waals surface area contributed by atoms with E-state index in [0.717, 1.165) is 18.5 Å². The van der Waals surface area contributed by atoms with Crippen LogP contribution in [0.2, 0.25) is 0 Å². The van der Waals surface area contributed by atoms with Gasteiger partial charge in [-0.1, -0.05) is 13.3 Å². The number of ether oxygens (including phenoxy) is 2. The van der Waals surface area contributed by atoms with Crippen LogP contribution in [0.25, 0.3) is 0 Å². The van der Waals surface area contributed by atoms with E-state index in [0.29, 0.717) is 17.2 Å². The average molecular weight is 272 g/mol. The lowest BCUT2D eigenvalue weighted by atomic mass is 10.2. The summed E-state index contributed by atoms with van der Waals surface area (Å²) in [6.07, 6.45) is 3.40. The first-order valence-corrected chi connectivity index (χ1v) is 6.40. The van der Waals surface area contributed by atoms with Crippen molar-refractivity contribution in [3.05, 3.63) is 47.9 Å². The van der Waals surface area contributed by atoms with Crippen LogP contribution in [0.1, 0.15) is 29.4 Å². The SMILES string of the molecule is CCCc1cc(Oc2ccc(C(=O)OC)cc2)ncn1. The molecule has 1 heterocycles. The van der Waals surface area contributed by atoms with Crippen LogP contribution >= 0.6 is 0 Å². The number of carbonyl (C=O) groups is 1. The first-order chi connectivity index (χ1) is 9.72. The predicted octanol–water partition coefficient (Wildman–Crippen LogP) is 3.01. The van der Waals surface area contributed by atoms with Crippen LogP contribution < -0.4 is 4.74 Å². The molecule has 1 aromatic carbocycles. The van der Waals surface area contributed by atoms with Gasteiger partial charge in [0.15, 0.2) is 0 Å². The Kier molecular flexibility index (Phi) is 4.65. The number of benzene rings is 1. The molecule has 0 aliphatic heterocycles. The minimum atomic E-state index is -0.371. The highest BCUT2D eigenvalue weighted by atomic mass is 16.5. The Bertz CT molecular complexity index is 582. The lowest BCUT2D eigenvalue weighted by molar-refractivity contribution is 0.0600. The fourth-order valence-electron chi connectivity index (χ4n) is 1.72. The summed E-state index contributed by atoms with van der Waals surface area (Å²) in [5, 5.41) is 0. The van der Waals surface area contributed by atoms with E-state index in [1.165, 1.54) is 13.4 Å². The molecule has 104 valence electrons. The van der Waals surface area contributed by atoms with Gasteiger partial charge in [0, 0.05) is 11.8 Å². The van der Waals surface area contributed by atoms with Gasteiger partial charge in [-0.3, -0.25) is 0 Å². The van der Waals surface area contributed by atoms with Gasteiger partial charge >= 0.3 is 5.97 Å². The number of aromatic nitrogens is 2. The summed E-state index contributed by atoms with van der Waals surface area (Å²) in [5.41, 5.74) is 1.43. The van der Waals surface area contributed by atoms with E-state index in [9.17, 15) is 4.79 Å².